The molecule has 2 aromatic carbocycles. The number of hydrogen-bond donors (Lipinski definition) is 1. The van der Waals surface area contributed by atoms with Crippen LogP contribution in [0.3, 0.4) is 0 Å². The summed E-state index contributed by atoms with van der Waals surface area (Å²) in [7, 11) is 1.62. The fourth-order valence-corrected chi connectivity index (χ4v) is 4.65. The number of methoxy groups -OCH3 is 1. The SMILES string of the molecule is COc1cccc(-c2ccc(C3CCc4ccc([C@@H](CC(=O)O)C5CC5)cc4O3)cc2)n1. The van der Waals surface area contributed by atoms with Gasteiger partial charge < -0.3 is 14.6 Å². The number of rotatable bonds is 7. The molecule has 0 bridgehead atoms. The summed E-state index contributed by atoms with van der Waals surface area (Å²) >= 11 is 0. The van der Waals surface area contributed by atoms with Crippen LogP contribution < -0.4 is 9.47 Å². The number of fused-ring (bicyclic) bond motifs is 1. The largest absolute Gasteiger partial charge is 0.485 e. The molecule has 1 N–H and O–H groups in total. The second kappa shape index (κ2) is 8.65. The van der Waals surface area contributed by atoms with E-state index < -0.39 is 5.97 Å². The summed E-state index contributed by atoms with van der Waals surface area (Å²) in [6.07, 6.45) is 4.28. The Morgan fingerprint density at radius 2 is 1.94 bits per heavy atom. The fraction of sp³-hybridized carbons (Fsp3) is 0.333. The zero-order valence-electron chi connectivity index (χ0n) is 18.2. The molecule has 3 aromatic rings. The molecule has 5 rings (SSSR count). The van der Waals surface area contributed by atoms with Crippen molar-refractivity contribution in [2.24, 2.45) is 5.92 Å². The molecule has 1 unspecified atom stereocenters. The average Bonchev–Trinajstić information content (AvgIpc) is 3.67. The minimum absolute atomic E-state index is 0.0103. The first-order valence-electron chi connectivity index (χ1n) is 11.2. The van der Waals surface area contributed by atoms with Crippen LogP contribution in [-0.4, -0.2) is 23.2 Å². The summed E-state index contributed by atoms with van der Waals surface area (Å²) in [5, 5.41) is 9.34. The summed E-state index contributed by atoms with van der Waals surface area (Å²) < 4.78 is 11.6. The van der Waals surface area contributed by atoms with Gasteiger partial charge in [-0.15, -0.1) is 0 Å². The lowest BCUT2D eigenvalue weighted by molar-refractivity contribution is -0.137. The van der Waals surface area contributed by atoms with Gasteiger partial charge in [0.15, 0.2) is 0 Å². The maximum absolute atomic E-state index is 11.4. The zero-order valence-corrected chi connectivity index (χ0v) is 18.2. The Morgan fingerprint density at radius 1 is 1.12 bits per heavy atom. The lowest BCUT2D eigenvalue weighted by atomic mass is 9.88. The van der Waals surface area contributed by atoms with Crippen LogP contribution in [0.25, 0.3) is 11.3 Å². The third kappa shape index (κ3) is 4.33. The highest BCUT2D eigenvalue weighted by Gasteiger charge is 2.34. The van der Waals surface area contributed by atoms with Gasteiger partial charge >= 0.3 is 5.97 Å². The molecule has 0 saturated heterocycles. The lowest BCUT2D eigenvalue weighted by Gasteiger charge is -2.28. The van der Waals surface area contributed by atoms with E-state index >= 15 is 0 Å². The molecule has 2 atom stereocenters. The number of aromatic nitrogens is 1. The van der Waals surface area contributed by atoms with Gasteiger partial charge in [0.1, 0.15) is 11.9 Å². The van der Waals surface area contributed by atoms with Gasteiger partial charge in [0, 0.05) is 11.6 Å². The first-order chi connectivity index (χ1) is 15.6. The van der Waals surface area contributed by atoms with Gasteiger partial charge in [-0.1, -0.05) is 42.5 Å². The van der Waals surface area contributed by atoms with Gasteiger partial charge in [-0.3, -0.25) is 4.79 Å². The highest BCUT2D eigenvalue weighted by atomic mass is 16.5. The Hall–Kier alpha value is -3.34. The Morgan fingerprint density at radius 3 is 2.66 bits per heavy atom. The first-order valence-corrected chi connectivity index (χ1v) is 11.2. The van der Waals surface area contributed by atoms with E-state index in [2.05, 4.69) is 47.4 Å². The number of nitrogens with zero attached hydrogens (tertiary/aromatic N) is 1. The van der Waals surface area contributed by atoms with Crippen LogP contribution in [0.5, 0.6) is 11.6 Å². The maximum Gasteiger partial charge on any atom is 0.303 e. The highest BCUT2D eigenvalue weighted by molar-refractivity contribution is 5.68. The van der Waals surface area contributed by atoms with E-state index in [0.29, 0.717) is 11.8 Å². The normalized spacial score (nSPS) is 18.3. The molecule has 1 saturated carbocycles. The van der Waals surface area contributed by atoms with Crippen LogP contribution in [-0.2, 0) is 11.2 Å². The molecule has 5 heteroatoms. The monoisotopic (exact) mass is 429 g/mol. The fourth-order valence-electron chi connectivity index (χ4n) is 4.65. The summed E-state index contributed by atoms with van der Waals surface area (Å²) in [4.78, 5) is 15.9. The molecule has 1 aromatic heterocycles. The van der Waals surface area contributed by atoms with Crippen molar-refractivity contribution in [2.75, 3.05) is 7.11 Å². The van der Waals surface area contributed by atoms with E-state index in [4.69, 9.17) is 9.47 Å². The molecule has 164 valence electrons. The molecular weight excluding hydrogens is 402 g/mol. The number of carboxylic acid groups (broad SMARTS) is 1. The van der Waals surface area contributed by atoms with Crippen LogP contribution in [0, 0.1) is 5.92 Å². The molecule has 2 aliphatic rings. The van der Waals surface area contributed by atoms with Gasteiger partial charge in [0.25, 0.3) is 0 Å². The number of pyridine rings is 1. The molecule has 1 aliphatic carbocycles. The first kappa shape index (κ1) is 20.6. The third-order valence-electron chi connectivity index (χ3n) is 6.56. The lowest BCUT2D eigenvalue weighted by Crippen LogP contribution is -2.16. The van der Waals surface area contributed by atoms with Crippen LogP contribution in [0.4, 0.5) is 0 Å². The minimum Gasteiger partial charge on any atom is -0.485 e. The Kier molecular flexibility index (Phi) is 5.56. The number of carboxylic acids is 1. The predicted molar refractivity (Wildman–Crippen MR) is 122 cm³/mol. The Balaban J connectivity index is 1.35. The molecule has 2 heterocycles. The number of aryl methyl sites for hydroxylation is 1. The molecule has 32 heavy (non-hydrogen) atoms. The van der Waals surface area contributed by atoms with Crippen molar-refractivity contribution in [2.45, 2.75) is 44.1 Å². The maximum atomic E-state index is 11.4. The van der Waals surface area contributed by atoms with Crippen LogP contribution in [0.15, 0.2) is 60.7 Å². The molecule has 1 aliphatic heterocycles. The predicted octanol–water partition coefficient (Wildman–Crippen LogP) is 5.79. The van der Waals surface area contributed by atoms with E-state index in [-0.39, 0.29) is 18.4 Å². The Labute approximate surface area is 188 Å². The molecule has 0 spiro atoms. The number of hydrogen-bond acceptors (Lipinski definition) is 4. The quantitative estimate of drug-likeness (QED) is 0.515. The van der Waals surface area contributed by atoms with E-state index in [1.807, 2.05) is 18.2 Å². The molecule has 1 fully saturated rings. The minimum atomic E-state index is -0.732. The number of benzene rings is 2. The van der Waals surface area contributed by atoms with Crippen molar-refractivity contribution in [3.63, 3.8) is 0 Å². The van der Waals surface area contributed by atoms with Crippen molar-refractivity contribution in [1.29, 1.82) is 0 Å². The van der Waals surface area contributed by atoms with Crippen molar-refractivity contribution < 1.29 is 19.4 Å². The second-order valence-electron chi connectivity index (χ2n) is 8.74. The van der Waals surface area contributed by atoms with Crippen molar-refractivity contribution in [3.05, 3.63) is 77.4 Å². The molecule has 0 amide bonds. The van der Waals surface area contributed by atoms with Crippen molar-refractivity contribution in [3.8, 4) is 22.9 Å². The van der Waals surface area contributed by atoms with Gasteiger partial charge in [0.2, 0.25) is 5.88 Å². The summed E-state index contributed by atoms with van der Waals surface area (Å²) in [6.45, 7) is 0. The van der Waals surface area contributed by atoms with Crippen LogP contribution >= 0.6 is 0 Å². The topological polar surface area (TPSA) is 68.7 Å². The van der Waals surface area contributed by atoms with Crippen LogP contribution in [0.2, 0.25) is 0 Å². The third-order valence-corrected chi connectivity index (χ3v) is 6.56. The summed E-state index contributed by atoms with van der Waals surface area (Å²) in [5.74, 6) is 1.33. The number of aliphatic carboxylic acids is 1. The smallest absolute Gasteiger partial charge is 0.303 e. The van der Waals surface area contributed by atoms with E-state index in [1.54, 1.807) is 7.11 Å². The zero-order chi connectivity index (χ0) is 22.1. The molecule has 0 radical (unpaired) electrons. The second-order valence-corrected chi connectivity index (χ2v) is 8.74. The van der Waals surface area contributed by atoms with Gasteiger partial charge in [-0.05, 0) is 66.3 Å². The van der Waals surface area contributed by atoms with Gasteiger partial charge in [-0.25, -0.2) is 4.98 Å². The molecular formula is C27H27NO4. The standard InChI is InChI=1S/C27H27NO4/c1-31-26-4-2-3-23(28-26)18-7-9-19(10-8-18)24-14-13-20-11-12-21(15-25(20)32-24)22(16-27(29)30)17-5-6-17/h2-4,7-12,15,17,22,24H,5-6,13-14,16H2,1H3,(H,29,30)/t22-,24?/m0/s1. The summed E-state index contributed by atoms with van der Waals surface area (Å²) in [5.41, 5.74) is 5.34. The van der Waals surface area contributed by atoms with E-state index in [0.717, 1.165) is 53.8 Å². The summed E-state index contributed by atoms with van der Waals surface area (Å²) in [6, 6.07) is 20.4. The molecule has 5 nitrogen and oxygen atoms in total. The average molecular weight is 430 g/mol. The number of ether oxygens (including phenoxy) is 2. The number of carbonyl (C=O) groups is 1. The Bertz CT molecular complexity index is 1120. The van der Waals surface area contributed by atoms with Gasteiger partial charge in [-0.2, -0.15) is 0 Å². The van der Waals surface area contributed by atoms with Crippen LogP contribution in [0.1, 0.15) is 54.4 Å². The van der Waals surface area contributed by atoms with Crippen molar-refractivity contribution in [1.82, 2.24) is 4.98 Å². The van der Waals surface area contributed by atoms with E-state index in [9.17, 15) is 9.90 Å². The van der Waals surface area contributed by atoms with E-state index in [1.165, 1.54) is 5.56 Å². The highest BCUT2D eigenvalue weighted by Crippen LogP contribution is 2.46. The van der Waals surface area contributed by atoms with Crippen molar-refractivity contribution >= 4 is 5.97 Å². The van der Waals surface area contributed by atoms with Gasteiger partial charge in [0.05, 0.1) is 19.2 Å².